The number of hydrogen-bond acceptors (Lipinski definition) is 3. The van der Waals surface area contributed by atoms with E-state index in [1.807, 2.05) is 25.1 Å². The van der Waals surface area contributed by atoms with Gasteiger partial charge in [0.1, 0.15) is 5.75 Å². The summed E-state index contributed by atoms with van der Waals surface area (Å²) in [5.74, 6) is 0.0347. The lowest BCUT2D eigenvalue weighted by Gasteiger charge is -2.09. The molecule has 3 heteroatoms. The van der Waals surface area contributed by atoms with Gasteiger partial charge in [0.05, 0.1) is 5.56 Å². The van der Waals surface area contributed by atoms with Crippen molar-refractivity contribution in [2.75, 3.05) is 0 Å². The molecular formula is C14H13NO2. The van der Waals surface area contributed by atoms with Crippen molar-refractivity contribution in [1.82, 2.24) is 4.98 Å². The standard InChI is InChI=1S/C14H13NO2/c1-10-12(4-5-14(17)13(10)9-16)7-11-3-2-6-15-8-11/h2-6,8-9,17H,7H2,1H3. The molecule has 2 rings (SSSR count). The fourth-order valence-corrected chi connectivity index (χ4v) is 1.82. The van der Waals surface area contributed by atoms with Crippen molar-refractivity contribution >= 4 is 6.29 Å². The Bertz CT molecular complexity index is 535. The van der Waals surface area contributed by atoms with Crippen LogP contribution in [0.1, 0.15) is 27.0 Å². The van der Waals surface area contributed by atoms with Crippen LogP contribution in [0.5, 0.6) is 5.75 Å². The van der Waals surface area contributed by atoms with Crippen LogP contribution in [0.4, 0.5) is 0 Å². The van der Waals surface area contributed by atoms with Gasteiger partial charge in [-0.15, -0.1) is 0 Å². The van der Waals surface area contributed by atoms with Crippen molar-refractivity contribution in [2.45, 2.75) is 13.3 Å². The zero-order valence-electron chi connectivity index (χ0n) is 9.55. The number of carbonyl (C=O) groups excluding carboxylic acids is 1. The molecule has 0 saturated heterocycles. The number of aromatic hydroxyl groups is 1. The number of pyridine rings is 1. The number of carbonyl (C=O) groups is 1. The second-order valence-corrected chi connectivity index (χ2v) is 3.94. The molecule has 1 aromatic heterocycles. The van der Waals surface area contributed by atoms with Crippen LogP contribution in [0, 0.1) is 6.92 Å². The number of benzene rings is 1. The van der Waals surface area contributed by atoms with Crippen molar-refractivity contribution in [3.63, 3.8) is 0 Å². The van der Waals surface area contributed by atoms with Gasteiger partial charge in [0.2, 0.25) is 0 Å². The van der Waals surface area contributed by atoms with Gasteiger partial charge in [-0.2, -0.15) is 0 Å². The van der Waals surface area contributed by atoms with Gasteiger partial charge in [-0.25, -0.2) is 0 Å². The summed E-state index contributed by atoms with van der Waals surface area (Å²) in [6.07, 6.45) is 4.93. The van der Waals surface area contributed by atoms with Gasteiger partial charge in [-0.3, -0.25) is 9.78 Å². The Labute approximate surface area is 99.8 Å². The summed E-state index contributed by atoms with van der Waals surface area (Å²) in [6.45, 7) is 1.84. The SMILES string of the molecule is Cc1c(Cc2cccnc2)ccc(O)c1C=O. The normalized spacial score (nSPS) is 10.2. The lowest BCUT2D eigenvalue weighted by atomic mass is 9.97. The predicted octanol–water partition coefficient (Wildman–Crippen LogP) is 2.50. The zero-order valence-corrected chi connectivity index (χ0v) is 9.55. The number of aldehydes is 1. The summed E-state index contributed by atoms with van der Waals surface area (Å²) in [7, 11) is 0. The van der Waals surface area contributed by atoms with E-state index in [4.69, 9.17) is 0 Å². The van der Waals surface area contributed by atoms with E-state index in [-0.39, 0.29) is 5.75 Å². The minimum absolute atomic E-state index is 0.0347. The highest BCUT2D eigenvalue weighted by molar-refractivity contribution is 5.82. The largest absolute Gasteiger partial charge is 0.507 e. The predicted molar refractivity (Wildman–Crippen MR) is 65.3 cm³/mol. The van der Waals surface area contributed by atoms with Crippen molar-refractivity contribution in [3.05, 3.63) is 58.9 Å². The maximum Gasteiger partial charge on any atom is 0.154 e. The smallest absolute Gasteiger partial charge is 0.154 e. The van der Waals surface area contributed by atoms with E-state index in [9.17, 15) is 9.90 Å². The molecule has 1 heterocycles. The van der Waals surface area contributed by atoms with Crippen LogP contribution in [-0.4, -0.2) is 16.4 Å². The Morgan fingerprint density at radius 3 is 2.82 bits per heavy atom. The second kappa shape index (κ2) is 4.78. The lowest BCUT2D eigenvalue weighted by molar-refractivity contribution is 0.112. The molecule has 0 aliphatic carbocycles. The van der Waals surface area contributed by atoms with Crippen LogP contribution in [0.3, 0.4) is 0 Å². The topological polar surface area (TPSA) is 50.2 Å². The molecule has 0 radical (unpaired) electrons. The Kier molecular flexibility index (Phi) is 3.19. The molecule has 0 saturated carbocycles. The van der Waals surface area contributed by atoms with Gasteiger partial charge < -0.3 is 5.11 Å². The quantitative estimate of drug-likeness (QED) is 0.819. The van der Waals surface area contributed by atoms with Crippen molar-refractivity contribution in [3.8, 4) is 5.75 Å². The van der Waals surface area contributed by atoms with Crippen LogP contribution >= 0.6 is 0 Å². The fraction of sp³-hybridized carbons (Fsp3) is 0.143. The number of rotatable bonds is 3. The van der Waals surface area contributed by atoms with Crippen LogP contribution in [0.2, 0.25) is 0 Å². The van der Waals surface area contributed by atoms with E-state index in [1.165, 1.54) is 0 Å². The highest BCUT2D eigenvalue weighted by atomic mass is 16.3. The highest BCUT2D eigenvalue weighted by Gasteiger charge is 2.08. The highest BCUT2D eigenvalue weighted by Crippen LogP contribution is 2.23. The summed E-state index contributed by atoms with van der Waals surface area (Å²) < 4.78 is 0. The third kappa shape index (κ3) is 2.33. The van der Waals surface area contributed by atoms with Gasteiger partial charge in [0, 0.05) is 12.4 Å². The average Bonchev–Trinajstić information content (AvgIpc) is 2.35. The third-order valence-corrected chi connectivity index (χ3v) is 2.84. The molecule has 2 aromatic rings. The molecule has 0 aliphatic heterocycles. The Balaban J connectivity index is 2.37. The van der Waals surface area contributed by atoms with E-state index in [2.05, 4.69) is 4.98 Å². The molecule has 0 aliphatic rings. The monoisotopic (exact) mass is 227 g/mol. The molecular weight excluding hydrogens is 214 g/mol. The molecule has 1 aromatic carbocycles. The Morgan fingerprint density at radius 1 is 1.35 bits per heavy atom. The third-order valence-electron chi connectivity index (χ3n) is 2.84. The molecule has 0 unspecified atom stereocenters. The van der Waals surface area contributed by atoms with E-state index < -0.39 is 0 Å². The number of phenols is 1. The van der Waals surface area contributed by atoms with Gasteiger partial charge in [0.15, 0.2) is 6.29 Å². The summed E-state index contributed by atoms with van der Waals surface area (Å²) >= 11 is 0. The minimum atomic E-state index is 0.0347. The Hall–Kier alpha value is -2.16. The van der Waals surface area contributed by atoms with Crippen LogP contribution in [0.25, 0.3) is 0 Å². The van der Waals surface area contributed by atoms with Crippen molar-refractivity contribution < 1.29 is 9.90 Å². The molecule has 0 bridgehead atoms. The first-order chi connectivity index (χ1) is 8.22. The Morgan fingerprint density at radius 2 is 2.18 bits per heavy atom. The molecule has 86 valence electrons. The number of nitrogens with zero attached hydrogens (tertiary/aromatic N) is 1. The minimum Gasteiger partial charge on any atom is -0.507 e. The number of phenolic OH excluding ortho intramolecular Hbond substituents is 1. The zero-order chi connectivity index (χ0) is 12.3. The summed E-state index contributed by atoms with van der Waals surface area (Å²) in [4.78, 5) is 14.9. The number of aromatic nitrogens is 1. The number of hydrogen-bond donors (Lipinski definition) is 1. The van der Waals surface area contributed by atoms with Crippen LogP contribution < -0.4 is 0 Å². The first-order valence-corrected chi connectivity index (χ1v) is 5.38. The van der Waals surface area contributed by atoms with E-state index in [0.29, 0.717) is 18.3 Å². The average molecular weight is 227 g/mol. The van der Waals surface area contributed by atoms with Crippen LogP contribution in [-0.2, 0) is 6.42 Å². The van der Waals surface area contributed by atoms with Gasteiger partial charge in [0.25, 0.3) is 0 Å². The van der Waals surface area contributed by atoms with Crippen molar-refractivity contribution in [2.24, 2.45) is 0 Å². The second-order valence-electron chi connectivity index (χ2n) is 3.94. The van der Waals surface area contributed by atoms with Gasteiger partial charge in [-0.05, 0) is 42.2 Å². The summed E-state index contributed by atoms with van der Waals surface area (Å²) in [6, 6.07) is 7.26. The maximum absolute atomic E-state index is 10.9. The first-order valence-electron chi connectivity index (χ1n) is 5.38. The van der Waals surface area contributed by atoms with E-state index in [0.717, 1.165) is 16.7 Å². The van der Waals surface area contributed by atoms with Crippen LogP contribution in [0.15, 0.2) is 36.7 Å². The molecule has 0 spiro atoms. The summed E-state index contributed by atoms with van der Waals surface area (Å²) in [5.41, 5.74) is 3.30. The van der Waals surface area contributed by atoms with Gasteiger partial charge >= 0.3 is 0 Å². The summed E-state index contributed by atoms with van der Waals surface area (Å²) in [5, 5.41) is 9.54. The van der Waals surface area contributed by atoms with E-state index >= 15 is 0 Å². The van der Waals surface area contributed by atoms with Gasteiger partial charge in [-0.1, -0.05) is 12.1 Å². The van der Waals surface area contributed by atoms with E-state index in [1.54, 1.807) is 18.5 Å². The molecule has 0 atom stereocenters. The molecule has 0 amide bonds. The molecule has 0 fully saturated rings. The fourth-order valence-electron chi connectivity index (χ4n) is 1.82. The first kappa shape index (κ1) is 11.3. The van der Waals surface area contributed by atoms with Crippen molar-refractivity contribution in [1.29, 1.82) is 0 Å². The molecule has 3 nitrogen and oxygen atoms in total. The maximum atomic E-state index is 10.9. The molecule has 1 N–H and O–H groups in total. The molecule has 17 heavy (non-hydrogen) atoms. The lowest BCUT2D eigenvalue weighted by Crippen LogP contribution is -1.97.